The highest BCUT2D eigenvalue weighted by Gasteiger charge is 2.32. The molecule has 0 spiro atoms. The van der Waals surface area contributed by atoms with Crippen molar-refractivity contribution in [3.05, 3.63) is 18.0 Å². The molecule has 2 saturated carbocycles. The number of carbonyl (C=O) groups excluding carboxylic acids is 1. The topological polar surface area (TPSA) is 83.3 Å². The van der Waals surface area contributed by atoms with Crippen molar-refractivity contribution in [3.63, 3.8) is 0 Å². The highest BCUT2D eigenvalue weighted by molar-refractivity contribution is 5.82. The molecule has 3 heterocycles. The van der Waals surface area contributed by atoms with E-state index < -0.39 is 0 Å². The molecule has 1 saturated heterocycles. The normalized spacial score (nSPS) is 25.3. The lowest BCUT2D eigenvalue weighted by atomic mass is 9.89. The molecule has 0 unspecified atom stereocenters. The van der Waals surface area contributed by atoms with Gasteiger partial charge >= 0.3 is 0 Å². The number of nitrogens with one attached hydrogen (secondary N) is 1. The Bertz CT molecular complexity index is 998. The largest absolute Gasteiger partial charge is 0.393 e. The molecular weight excluding hydrogens is 438 g/mol. The van der Waals surface area contributed by atoms with Gasteiger partial charge in [-0.05, 0) is 76.2 Å². The van der Waals surface area contributed by atoms with Crippen molar-refractivity contribution < 1.29 is 9.90 Å². The predicted octanol–water partition coefficient (Wildman–Crippen LogP) is 5.40. The van der Waals surface area contributed by atoms with Crippen LogP contribution >= 0.6 is 0 Å². The highest BCUT2D eigenvalue weighted by atomic mass is 16.3. The summed E-state index contributed by atoms with van der Waals surface area (Å²) >= 11 is 0. The van der Waals surface area contributed by atoms with Crippen molar-refractivity contribution in [2.45, 2.75) is 115 Å². The maximum Gasteiger partial charge on any atom is 0.225 e. The van der Waals surface area contributed by atoms with Crippen molar-refractivity contribution in [2.75, 3.05) is 18.4 Å². The van der Waals surface area contributed by atoms with Crippen molar-refractivity contribution in [3.8, 4) is 0 Å². The molecular formula is C28H43N5O2. The third kappa shape index (κ3) is 5.35. The second kappa shape index (κ2) is 10.9. The lowest BCUT2D eigenvalue weighted by Gasteiger charge is -2.33. The Morgan fingerprint density at radius 3 is 2.51 bits per heavy atom. The molecule has 192 valence electrons. The summed E-state index contributed by atoms with van der Waals surface area (Å²) in [4.78, 5) is 24.8. The van der Waals surface area contributed by atoms with Gasteiger partial charge in [-0.25, -0.2) is 4.98 Å². The molecule has 2 aromatic heterocycles. The van der Waals surface area contributed by atoms with E-state index >= 15 is 0 Å². The average Bonchev–Trinajstić information content (AvgIpc) is 3.53. The average molecular weight is 482 g/mol. The number of carbonyl (C=O) groups is 1. The van der Waals surface area contributed by atoms with Gasteiger partial charge < -0.3 is 19.9 Å². The van der Waals surface area contributed by atoms with Gasteiger partial charge in [-0.1, -0.05) is 26.2 Å². The van der Waals surface area contributed by atoms with Gasteiger partial charge in [0.05, 0.1) is 6.10 Å². The molecule has 35 heavy (non-hydrogen) atoms. The third-order valence-electron chi connectivity index (χ3n) is 8.71. The van der Waals surface area contributed by atoms with Crippen LogP contribution in [0.1, 0.15) is 108 Å². The van der Waals surface area contributed by atoms with Crippen LogP contribution in [-0.4, -0.2) is 55.7 Å². The number of rotatable bonds is 7. The van der Waals surface area contributed by atoms with Crippen LogP contribution in [0.5, 0.6) is 0 Å². The predicted molar refractivity (Wildman–Crippen MR) is 140 cm³/mol. The summed E-state index contributed by atoms with van der Waals surface area (Å²) in [5.74, 6) is 1.80. The van der Waals surface area contributed by atoms with Gasteiger partial charge in [0, 0.05) is 48.9 Å². The van der Waals surface area contributed by atoms with Crippen LogP contribution < -0.4 is 5.32 Å². The first-order valence-electron chi connectivity index (χ1n) is 14.1. The van der Waals surface area contributed by atoms with Crippen molar-refractivity contribution >= 4 is 22.9 Å². The molecule has 2 aliphatic carbocycles. The van der Waals surface area contributed by atoms with Gasteiger partial charge in [-0.15, -0.1) is 0 Å². The summed E-state index contributed by atoms with van der Waals surface area (Å²) in [7, 11) is 0. The molecule has 1 atom stereocenters. The number of aliphatic hydroxyl groups is 1. The molecule has 0 bridgehead atoms. The van der Waals surface area contributed by atoms with Crippen LogP contribution in [0.4, 0.5) is 5.95 Å². The van der Waals surface area contributed by atoms with Gasteiger partial charge in [-0.2, -0.15) is 4.98 Å². The van der Waals surface area contributed by atoms with Gasteiger partial charge in [0.25, 0.3) is 0 Å². The Balaban J connectivity index is 1.38. The van der Waals surface area contributed by atoms with E-state index in [2.05, 4.69) is 34.8 Å². The minimum atomic E-state index is -0.170. The lowest BCUT2D eigenvalue weighted by molar-refractivity contribution is -0.136. The van der Waals surface area contributed by atoms with E-state index in [4.69, 9.17) is 9.97 Å². The first-order valence-corrected chi connectivity index (χ1v) is 14.1. The molecule has 3 fully saturated rings. The number of hydrogen-bond acceptors (Lipinski definition) is 5. The fourth-order valence-corrected chi connectivity index (χ4v) is 6.63. The van der Waals surface area contributed by atoms with E-state index in [-0.39, 0.29) is 12.0 Å². The number of aliphatic hydroxyl groups excluding tert-OH is 1. The van der Waals surface area contributed by atoms with Crippen LogP contribution in [0.2, 0.25) is 0 Å². The maximum absolute atomic E-state index is 12.9. The summed E-state index contributed by atoms with van der Waals surface area (Å²) < 4.78 is 2.38. The smallest absolute Gasteiger partial charge is 0.225 e. The van der Waals surface area contributed by atoms with E-state index in [1.54, 1.807) is 0 Å². The molecule has 3 aliphatic rings. The van der Waals surface area contributed by atoms with Crippen molar-refractivity contribution in [1.29, 1.82) is 0 Å². The minimum absolute atomic E-state index is 0.170. The van der Waals surface area contributed by atoms with Gasteiger partial charge in [0.15, 0.2) is 0 Å². The number of amides is 1. The summed E-state index contributed by atoms with van der Waals surface area (Å²) in [6.45, 7) is 6.10. The molecule has 2 aromatic rings. The summed E-state index contributed by atoms with van der Waals surface area (Å²) in [5.41, 5.74) is 2.36. The summed E-state index contributed by atoms with van der Waals surface area (Å²) in [6.07, 6.45) is 16.7. The SMILES string of the molecule is CCC[C@H](C)Nc1ncc2c(C3CCN(C(=O)C4CCCC4)CC3)cn(C3CCC(O)CC3)c2n1. The number of piperidine rings is 1. The van der Waals surface area contributed by atoms with Gasteiger partial charge in [0.1, 0.15) is 5.65 Å². The van der Waals surface area contributed by atoms with E-state index in [0.29, 0.717) is 29.9 Å². The maximum atomic E-state index is 12.9. The Morgan fingerprint density at radius 1 is 1.11 bits per heavy atom. The minimum Gasteiger partial charge on any atom is -0.393 e. The summed E-state index contributed by atoms with van der Waals surface area (Å²) in [6, 6.07) is 0.710. The van der Waals surface area contributed by atoms with Crippen molar-refractivity contribution in [1.82, 2.24) is 19.4 Å². The van der Waals surface area contributed by atoms with E-state index in [0.717, 1.165) is 88.3 Å². The number of nitrogens with zero attached hydrogens (tertiary/aromatic N) is 4. The van der Waals surface area contributed by atoms with Crippen LogP contribution in [0.15, 0.2) is 12.4 Å². The Hall–Kier alpha value is -2.15. The second-order valence-corrected chi connectivity index (χ2v) is 11.3. The quantitative estimate of drug-likeness (QED) is 0.553. The van der Waals surface area contributed by atoms with Crippen LogP contribution in [0.25, 0.3) is 11.0 Å². The Kier molecular flexibility index (Phi) is 7.61. The molecule has 2 N–H and O–H groups in total. The molecule has 1 aliphatic heterocycles. The summed E-state index contributed by atoms with van der Waals surface area (Å²) in [5, 5.41) is 14.7. The van der Waals surface area contributed by atoms with Crippen LogP contribution in [0.3, 0.4) is 0 Å². The second-order valence-electron chi connectivity index (χ2n) is 11.3. The first kappa shape index (κ1) is 24.5. The standard InChI is InChI=1S/C28H43N5O2/c1-3-6-19(2)30-28-29-17-24-25(18-33(26(24)31-28)22-9-11-23(34)12-10-22)20-13-15-32(16-14-20)27(35)21-7-4-5-8-21/h17-23,34H,3-16H2,1-2H3,(H,29,30,31)/t19-,22?,23?/m0/s1. The zero-order valence-electron chi connectivity index (χ0n) is 21.6. The first-order chi connectivity index (χ1) is 17.0. The molecule has 5 rings (SSSR count). The fraction of sp³-hybridized carbons (Fsp3) is 0.750. The fourth-order valence-electron chi connectivity index (χ4n) is 6.63. The Morgan fingerprint density at radius 2 is 1.83 bits per heavy atom. The lowest BCUT2D eigenvalue weighted by Crippen LogP contribution is -2.40. The van der Waals surface area contributed by atoms with E-state index in [1.165, 1.54) is 18.4 Å². The highest BCUT2D eigenvalue weighted by Crippen LogP contribution is 2.39. The van der Waals surface area contributed by atoms with Crippen LogP contribution in [-0.2, 0) is 4.79 Å². The molecule has 1 amide bonds. The Labute approximate surface area is 209 Å². The van der Waals surface area contributed by atoms with Crippen LogP contribution in [0, 0.1) is 5.92 Å². The number of aromatic nitrogens is 3. The van der Waals surface area contributed by atoms with Gasteiger partial charge in [-0.3, -0.25) is 4.79 Å². The third-order valence-corrected chi connectivity index (χ3v) is 8.71. The number of anilines is 1. The van der Waals surface area contributed by atoms with Gasteiger partial charge in [0.2, 0.25) is 11.9 Å². The van der Waals surface area contributed by atoms with E-state index in [9.17, 15) is 9.90 Å². The molecule has 7 nitrogen and oxygen atoms in total. The molecule has 0 radical (unpaired) electrons. The molecule has 0 aromatic carbocycles. The molecule has 7 heteroatoms. The number of likely N-dealkylation sites (tertiary alicyclic amines) is 1. The zero-order chi connectivity index (χ0) is 24.4. The zero-order valence-corrected chi connectivity index (χ0v) is 21.6. The van der Waals surface area contributed by atoms with E-state index in [1.807, 2.05) is 6.20 Å². The number of fused-ring (bicyclic) bond motifs is 1. The van der Waals surface area contributed by atoms with Crippen molar-refractivity contribution in [2.24, 2.45) is 5.92 Å². The monoisotopic (exact) mass is 481 g/mol. The number of hydrogen-bond donors (Lipinski definition) is 2.